The first-order valence-corrected chi connectivity index (χ1v) is 6.02. The minimum atomic E-state index is -0.719. The van der Waals surface area contributed by atoms with Crippen LogP contribution in [-0.4, -0.2) is 22.0 Å². The van der Waals surface area contributed by atoms with Gasteiger partial charge in [-0.25, -0.2) is 0 Å². The van der Waals surface area contributed by atoms with Crippen molar-refractivity contribution in [3.63, 3.8) is 0 Å². The van der Waals surface area contributed by atoms with Gasteiger partial charge in [0.1, 0.15) is 11.8 Å². The number of aromatic nitrogens is 2. The van der Waals surface area contributed by atoms with Gasteiger partial charge in [0, 0.05) is 6.54 Å². The highest BCUT2D eigenvalue weighted by molar-refractivity contribution is 5.38. The van der Waals surface area contributed by atoms with Crippen molar-refractivity contribution in [1.82, 2.24) is 9.78 Å². The summed E-state index contributed by atoms with van der Waals surface area (Å²) < 4.78 is 7.03. The molecule has 0 aliphatic carbocycles. The summed E-state index contributed by atoms with van der Waals surface area (Å²) in [5.74, 6) is 0.618. The SMILES string of the molecule is CCn1ncc(OC)c1C(O)c1ccccc1C. The topological polar surface area (TPSA) is 47.3 Å². The summed E-state index contributed by atoms with van der Waals surface area (Å²) in [5, 5.41) is 14.8. The fraction of sp³-hybridized carbons (Fsp3) is 0.357. The Bertz CT molecular complexity index is 513. The highest BCUT2D eigenvalue weighted by Crippen LogP contribution is 2.31. The maximum atomic E-state index is 10.5. The summed E-state index contributed by atoms with van der Waals surface area (Å²) in [6.45, 7) is 4.67. The Kier molecular flexibility index (Phi) is 3.67. The van der Waals surface area contributed by atoms with Crippen molar-refractivity contribution in [2.24, 2.45) is 0 Å². The molecule has 1 aromatic heterocycles. The fourth-order valence-corrected chi connectivity index (χ4v) is 2.10. The van der Waals surface area contributed by atoms with Gasteiger partial charge in [-0.05, 0) is 25.0 Å². The molecule has 0 saturated carbocycles. The molecule has 2 aromatic rings. The van der Waals surface area contributed by atoms with E-state index in [4.69, 9.17) is 4.74 Å². The zero-order valence-corrected chi connectivity index (χ0v) is 10.9. The molecule has 96 valence electrons. The lowest BCUT2D eigenvalue weighted by Crippen LogP contribution is -2.11. The van der Waals surface area contributed by atoms with Gasteiger partial charge in [-0.1, -0.05) is 24.3 Å². The van der Waals surface area contributed by atoms with E-state index in [9.17, 15) is 5.11 Å². The van der Waals surface area contributed by atoms with Crippen LogP contribution in [0.4, 0.5) is 0 Å². The Morgan fingerprint density at radius 1 is 1.39 bits per heavy atom. The minimum absolute atomic E-state index is 0.618. The number of hydrogen-bond donors (Lipinski definition) is 1. The Morgan fingerprint density at radius 2 is 2.11 bits per heavy atom. The summed E-state index contributed by atoms with van der Waals surface area (Å²) >= 11 is 0. The van der Waals surface area contributed by atoms with Gasteiger partial charge in [0.05, 0.1) is 13.3 Å². The molecule has 0 amide bonds. The van der Waals surface area contributed by atoms with Crippen LogP contribution < -0.4 is 4.74 Å². The molecule has 1 unspecified atom stereocenters. The Labute approximate surface area is 107 Å². The largest absolute Gasteiger partial charge is 0.493 e. The van der Waals surface area contributed by atoms with Crippen LogP contribution in [0, 0.1) is 6.92 Å². The Balaban J connectivity index is 2.48. The van der Waals surface area contributed by atoms with Crippen molar-refractivity contribution < 1.29 is 9.84 Å². The molecule has 0 bridgehead atoms. The Morgan fingerprint density at radius 3 is 2.72 bits per heavy atom. The molecule has 0 aliphatic rings. The van der Waals surface area contributed by atoms with Crippen LogP contribution in [0.5, 0.6) is 5.75 Å². The predicted molar refractivity (Wildman–Crippen MR) is 69.7 cm³/mol. The highest BCUT2D eigenvalue weighted by Gasteiger charge is 2.21. The third-order valence-electron chi connectivity index (χ3n) is 3.11. The van der Waals surface area contributed by atoms with Gasteiger partial charge in [-0.15, -0.1) is 0 Å². The van der Waals surface area contributed by atoms with Gasteiger partial charge in [-0.2, -0.15) is 5.10 Å². The number of ether oxygens (including phenoxy) is 1. The van der Waals surface area contributed by atoms with Crippen LogP contribution >= 0.6 is 0 Å². The molecular weight excluding hydrogens is 228 g/mol. The minimum Gasteiger partial charge on any atom is -0.493 e. The molecule has 18 heavy (non-hydrogen) atoms. The second-order valence-corrected chi connectivity index (χ2v) is 4.17. The molecule has 4 nitrogen and oxygen atoms in total. The maximum Gasteiger partial charge on any atom is 0.163 e. The van der Waals surface area contributed by atoms with Crippen LogP contribution in [-0.2, 0) is 6.54 Å². The van der Waals surface area contributed by atoms with Gasteiger partial charge in [0.2, 0.25) is 0 Å². The lowest BCUT2D eigenvalue weighted by Gasteiger charge is -2.16. The highest BCUT2D eigenvalue weighted by atomic mass is 16.5. The molecule has 0 saturated heterocycles. The van der Waals surface area contributed by atoms with Crippen molar-refractivity contribution in [2.45, 2.75) is 26.5 Å². The van der Waals surface area contributed by atoms with Crippen molar-refractivity contribution in [3.8, 4) is 5.75 Å². The first-order chi connectivity index (χ1) is 8.69. The van der Waals surface area contributed by atoms with Crippen LogP contribution in [0.25, 0.3) is 0 Å². The number of aliphatic hydroxyl groups is 1. The Hall–Kier alpha value is -1.81. The molecule has 1 atom stereocenters. The van der Waals surface area contributed by atoms with Gasteiger partial charge in [0.25, 0.3) is 0 Å². The summed E-state index contributed by atoms with van der Waals surface area (Å²) in [4.78, 5) is 0. The van der Waals surface area contributed by atoms with Crippen LogP contribution in [0.2, 0.25) is 0 Å². The van der Waals surface area contributed by atoms with E-state index < -0.39 is 6.10 Å². The number of aryl methyl sites for hydroxylation is 2. The number of nitrogens with zero attached hydrogens (tertiary/aromatic N) is 2. The standard InChI is InChI=1S/C14H18N2O2/c1-4-16-13(12(18-3)9-15-16)14(17)11-8-6-5-7-10(11)2/h5-9,14,17H,4H2,1-3H3. The maximum absolute atomic E-state index is 10.5. The quantitative estimate of drug-likeness (QED) is 0.900. The molecule has 0 aliphatic heterocycles. The third-order valence-corrected chi connectivity index (χ3v) is 3.11. The predicted octanol–water partition coefficient (Wildman–Crippen LogP) is 2.30. The van der Waals surface area contributed by atoms with E-state index >= 15 is 0 Å². The summed E-state index contributed by atoms with van der Waals surface area (Å²) in [6.07, 6.45) is 0.920. The number of methoxy groups -OCH3 is 1. The van der Waals surface area contributed by atoms with E-state index in [1.807, 2.05) is 38.1 Å². The molecule has 1 aromatic carbocycles. The first kappa shape index (κ1) is 12.6. The number of benzene rings is 1. The normalized spacial score (nSPS) is 12.4. The second kappa shape index (κ2) is 5.23. The van der Waals surface area contributed by atoms with E-state index in [0.717, 1.165) is 11.1 Å². The van der Waals surface area contributed by atoms with Crippen molar-refractivity contribution in [3.05, 3.63) is 47.3 Å². The van der Waals surface area contributed by atoms with Crippen molar-refractivity contribution >= 4 is 0 Å². The molecule has 2 rings (SSSR count). The van der Waals surface area contributed by atoms with Crippen LogP contribution in [0.3, 0.4) is 0 Å². The van der Waals surface area contributed by atoms with Crippen LogP contribution in [0.1, 0.15) is 29.8 Å². The average Bonchev–Trinajstić information content (AvgIpc) is 2.81. The second-order valence-electron chi connectivity index (χ2n) is 4.17. The number of aliphatic hydroxyl groups excluding tert-OH is 1. The van der Waals surface area contributed by atoms with E-state index in [0.29, 0.717) is 18.0 Å². The molecule has 1 heterocycles. The average molecular weight is 246 g/mol. The molecular formula is C14H18N2O2. The number of hydrogen-bond acceptors (Lipinski definition) is 3. The van der Waals surface area contributed by atoms with E-state index in [-0.39, 0.29) is 0 Å². The van der Waals surface area contributed by atoms with Gasteiger partial charge in [0.15, 0.2) is 5.75 Å². The fourth-order valence-electron chi connectivity index (χ4n) is 2.10. The van der Waals surface area contributed by atoms with E-state index in [2.05, 4.69) is 5.10 Å². The van der Waals surface area contributed by atoms with E-state index in [1.54, 1.807) is 18.0 Å². The number of rotatable bonds is 4. The van der Waals surface area contributed by atoms with Crippen molar-refractivity contribution in [1.29, 1.82) is 0 Å². The van der Waals surface area contributed by atoms with Gasteiger partial charge >= 0.3 is 0 Å². The molecule has 1 N–H and O–H groups in total. The summed E-state index contributed by atoms with van der Waals surface area (Å²) in [5.41, 5.74) is 2.64. The third kappa shape index (κ3) is 2.11. The van der Waals surface area contributed by atoms with Crippen molar-refractivity contribution in [2.75, 3.05) is 7.11 Å². The zero-order valence-electron chi connectivity index (χ0n) is 10.9. The van der Waals surface area contributed by atoms with Crippen LogP contribution in [0.15, 0.2) is 30.5 Å². The first-order valence-electron chi connectivity index (χ1n) is 6.02. The zero-order chi connectivity index (χ0) is 13.1. The molecule has 4 heteroatoms. The monoisotopic (exact) mass is 246 g/mol. The van der Waals surface area contributed by atoms with Gasteiger partial charge < -0.3 is 9.84 Å². The smallest absolute Gasteiger partial charge is 0.163 e. The van der Waals surface area contributed by atoms with Gasteiger partial charge in [-0.3, -0.25) is 4.68 Å². The lowest BCUT2D eigenvalue weighted by atomic mass is 10.0. The lowest BCUT2D eigenvalue weighted by molar-refractivity contribution is 0.202. The summed E-state index contributed by atoms with van der Waals surface area (Å²) in [7, 11) is 1.59. The molecule has 0 radical (unpaired) electrons. The van der Waals surface area contributed by atoms with E-state index in [1.165, 1.54) is 0 Å². The summed E-state index contributed by atoms with van der Waals surface area (Å²) in [6, 6.07) is 7.79. The molecule has 0 spiro atoms. The molecule has 0 fully saturated rings.